The van der Waals surface area contributed by atoms with Crippen molar-refractivity contribution < 1.29 is 9.66 Å². The molecule has 0 aromatic heterocycles. The molecule has 0 N–H and O–H groups in total. The maximum absolute atomic E-state index is 9.99. The predicted octanol–water partition coefficient (Wildman–Crippen LogP) is 2.97. The van der Waals surface area contributed by atoms with Gasteiger partial charge in [-0.05, 0) is 17.7 Å². The standard InChI is InChI=1S/C9H9NO3.C2H6/c1-13-9-4-2-8(3-5-9)6-7-10(11)12;1-2/h2-7H,1H3;1-2H3/b7-6+;. The molecule has 0 radical (unpaired) electrons. The van der Waals surface area contributed by atoms with Crippen LogP contribution in [0.5, 0.6) is 5.75 Å². The van der Waals surface area contributed by atoms with Crippen LogP contribution in [-0.4, -0.2) is 12.0 Å². The van der Waals surface area contributed by atoms with Crippen molar-refractivity contribution in [2.75, 3.05) is 7.11 Å². The van der Waals surface area contributed by atoms with E-state index in [1.807, 2.05) is 13.8 Å². The quantitative estimate of drug-likeness (QED) is 0.568. The first-order chi connectivity index (χ1) is 7.22. The van der Waals surface area contributed by atoms with Crippen LogP contribution in [0, 0.1) is 10.1 Å². The zero-order valence-corrected chi connectivity index (χ0v) is 9.14. The van der Waals surface area contributed by atoms with Crippen molar-refractivity contribution in [3.63, 3.8) is 0 Å². The van der Waals surface area contributed by atoms with Crippen LogP contribution in [0.2, 0.25) is 0 Å². The van der Waals surface area contributed by atoms with Crippen molar-refractivity contribution in [1.82, 2.24) is 0 Å². The predicted molar refractivity (Wildman–Crippen MR) is 60.4 cm³/mol. The summed E-state index contributed by atoms with van der Waals surface area (Å²) in [5.41, 5.74) is 0.775. The molecule has 0 aliphatic heterocycles. The maximum Gasteiger partial charge on any atom is 0.235 e. The van der Waals surface area contributed by atoms with E-state index in [4.69, 9.17) is 4.74 Å². The zero-order valence-electron chi connectivity index (χ0n) is 9.14. The van der Waals surface area contributed by atoms with Crippen LogP contribution < -0.4 is 4.74 Å². The van der Waals surface area contributed by atoms with E-state index in [-0.39, 0.29) is 0 Å². The zero-order chi connectivity index (χ0) is 11.7. The highest BCUT2D eigenvalue weighted by Crippen LogP contribution is 2.11. The van der Waals surface area contributed by atoms with Crippen molar-refractivity contribution in [2.24, 2.45) is 0 Å². The second kappa shape index (κ2) is 7.55. The van der Waals surface area contributed by atoms with Gasteiger partial charge in [0.15, 0.2) is 0 Å². The van der Waals surface area contributed by atoms with Gasteiger partial charge in [-0.1, -0.05) is 26.0 Å². The molecule has 1 rings (SSSR count). The third-order valence-electron chi connectivity index (χ3n) is 1.50. The molecular formula is C11H15NO3. The van der Waals surface area contributed by atoms with Crippen molar-refractivity contribution in [1.29, 1.82) is 0 Å². The van der Waals surface area contributed by atoms with Gasteiger partial charge < -0.3 is 4.74 Å². The Morgan fingerprint density at radius 2 is 1.80 bits per heavy atom. The monoisotopic (exact) mass is 209 g/mol. The van der Waals surface area contributed by atoms with Crippen LogP contribution in [0.4, 0.5) is 0 Å². The van der Waals surface area contributed by atoms with Gasteiger partial charge >= 0.3 is 0 Å². The van der Waals surface area contributed by atoms with E-state index in [1.54, 1.807) is 31.4 Å². The van der Waals surface area contributed by atoms with Gasteiger partial charge in [-0.25, -0.2) is 0 Å². The normalized spacial score (nSPS) is 9.27. The van der Waals surface area contributed by atoms with E-state index in [1.165, 1.54) is 6.08 Å². The molecule has 1 aromatic rings. The van der Waals surface area contributed by atoms with Crippen LogP contribution in [-0.2, 0) is 0 Å². The Hall–Kier alpha value is -1.84. The smallest absolute Gasteiger partial charge is 0.235 e. The SMILES string of the molecule is CC.COc1ccc(/C=C/[N+](=O)[O-])cc1. The van der Waals surface area contributed by atoms with Crippen molar-refractivity contribution in [2.45, 2.75) is 13.8 Å². The summed E-state index contributed by atoms with van der Waals surface area (Å²) in [7, 11) is 1.57. The largest absolute Gasteiger partial charge is 0.497 e. The Morgan fingerprint density at radius 1 is 1.27 bits per heavy atom. The van der Waals surface area contributed by atoms with Gasteiger partial charge in [-0.15, -0.1) is 0 Å². The Kier molecular flexibility index (Phi) is 6.63. The summed E-state index contributed by atoms with van der Waals surface area (Å²) in [4.78, 5) is 9.49. The molecule has 0 saturated heterocycles. The molecule has 0 bridgehead atoms. The molecule has 0 aliphatic carbocycles. The topological polar surface area (TPSA) is 52.4 Å². The van der Waals surface area contributed by atoms with Gasteiger partial charge in [0.1, 0.15) is 5.75 Å². The molecular weight excluding hydrogens is 194 g/mol. The molecule has 4 nitrogen and oxygen atoms in total. The molecule has 0 atom stereocenters. The van der Waals surface area contributed by atoms with Crippen molar-refractivity contribution >= 4 is 6.08 Å². The highest BCUT2D eigenvalue weighted by atomic mass is 16.6. The fourth-order valence-electron chi connectivity index (χ4n) is 0.862. The van der Waals surface area contributed by atoms with Gasteiger partial charge in [0.25, 0.3) is 0 Å². The molecule has 0 unspecified atom stereocenters. The summed E-state index contributed by atoms with van der Waals surface area (Å²) < 4.78 is 4.94. The van der Waals surface area contributed by atoms with Crippen LogP contribution in [0.3, 0.4) is 0 Å². The van der Waals surface area contributed by atoms with Gasteiger partial charge in [-0.3, -0.25) is 10.1 Å². The Morgan fingerprint density at radius 3 is 2.20 bits per heavy atom. The van der Waals surface area contributed by atoms with Gasteiger partial charge in [0, 0.05) is 6.08 Å². The first-order valence-corrected chi connectivity index (χ1v) is 4.68. The second-order valence-electron chi connectivity index (χ2n) is 2.37. The summed E-state index contributed by atoms with van der Waals surface area (Å²) in [5.74, 6) is 0.734. The molecule has 0 amide bonds. The van der Waals surface area contributed by atoms with Crippen LogP contribution in [0.15, 0.2) is 30.5 Å². The Balaban J connectivity index is 0.000000921. The van der Waals surface area contributed by atoms with Gasteiger partial charge in [0.2, 0.25) is 6.20 Å². The summed E-state index contributed by atoms with van der Waals surface area (Å²) in [6.07, 6.45) is 2.33. The highest BCUT2D eigenvalue weighted by Gasteiger charge is 1.91. The summed E-state index contributed by atoms with van der Waals surface area (Å²) in [6.45, 7) is 4.00. The highest BCUT2D eigenvalue weighted by molar-refractivity contribution is 5.49. The number of nitrogens with zero attached hydrogens (tertiary/aromatic N) is 1. The number of rotatable bonds is 3. The average Bonchev–Trinajstić information content (AvgIpc) is 2.30. The number of nitro groups is 1. The Labute approximate surface area is 89.3 Å². The molecule has 0 saturated carbocycles. The van der Waals surface area contributed by atoms with E-state index >= 15 is 0 Å². The van der Waals surface area contributed by atoms with E-state index in [0.717, 1.165) is 17.5 Å². The molecule has 0 aliphatic rings. The minimum Gasteiger partial charge on any atom is -0.497 e. The second-order valence-corrected chi connectivity index (χ2v) is 2.37. The molecule has 0 fully saturated rings. The first-order valence-electron chi connectivity index (χ1n) is 4.68. The third-order valence-corrected chi connectivity index (χ3v) is 1.50. The van der Waals surface area contributed by atoms with Crippen LogP contribution in [0.1, 0.15) is 19.4 Å². The minimum atomic E-state index is -0.496. The lowest BCUT2D eigenvalue weighted by molar-refractivity contribution is -0.400. The number of hydrogen-bond donors (Lipinski definition) is 0. The number of benzene rings is 1. The maximum atomic E-state index is 9.99. The van der Waals surface area contributed by atoms with E-state index in [2.05, 4.69) is 0 Å². The Bertz CT molecular complexity index is 317. The van der Waals surface area contributed by atoms with E-state index in [9.17, 15) is 10.1 Å². The summed E-state index contributed by atoms with van der Waals surface area (Å²) in [5, 5.41) is 9.99. The van der Waals surface area contributed by atoms with Crippen LogP contribution >= 0.6 is 0 Å². The van der Waals surface area contributed by atoms with Crippen molar-refractivity contribution in [3.8, 4) is 5.75 Å². The summed E-state index contributed by atoms with van der Waals surface area (Å²) in [6, 6.07) is 7.00. The number of ether oxygens (including phenoxy) is 1. The lowest BCUT2D eigenvalue weighted by atomic mass is 10.2. The van der Waals surface area contributed by atoms with Crippen molar-refractivity contribution in [3.05, 3.63) is 46.1 Å². The molecule has 15 heavy (non-hydrogen) atoms. The molecule has 4 heteroatoms. The van der Waals surface area contributed by atoms with Gasteiger partial charge in [-0.2, -0.15) is 0 Å². The molecule has 1 aromatic carbocycles. The lowest BCUT2D eigenvalue weighted by Crippen LogP contribution is -1.83. The molecule has 0 spiro atoms. The minimum absolute atomic E-state index is 0.496. The van der Waals surface area contributed by atoms with Crippen LogP contribution in [0.25, 0.3) is 6.08 Å². The number of methoxy groups -OCH3 is 1. The first kappa shape index (κ1) is 13.2. The summed E-state index contributed by atoms with van der Waals surface area (Å²) >= 11 is 0. The number of hydrogen-bond acceptors (Lipinski definition) is 3. The average molecular weight is 209 g/mol. The van der Waals surface area contributed by atoms with E-state index < -0.39 is 4.92 Å². The molecule has 0 heterocycles. The van der Waals surface area contributed by atoms with Gasteiger partial charge in [0.05, 0.1) is 12.0 Å². The van der Waals surface area contributed by atoms with E-state index in [0.29, 0.717) is 0 Å². The molecule has 82 valence electrons. The lowest BCUT2D eigenvalue weighted by Gasteiger charge is -1.97. The fourth-order valence-corrected chi connectivity index (χ4v) is 0.862. The fraction of sp³-hybridized carbons (Fsp3) is 0.273. The third kappa shape index (κ3) is 5.46.